The van der Waals surface area contributed by atoms with Crippen LogP contribution in [0.15, 0.2) is 77.6 Å². The zero-order chi connectivity index (χ0) is 26.5. The van der Waals surface area contributed by atoms with Gasteiger partial charge in [0, 0.05) is 25.4 Å². The van der Waals surface area contributed by atoms with E-state index in [9.17, 15) is 14.7 Å². The smallest absolute Gasteiger partial charge is 0.294 e. The second kappa shape index (κ2) is 11.2. The van der Waals surface area contributed by atoms with Gasteiger partial charge in [-0.05, 0) is 34.7 Å². The molecule has 1 aliphatic carbocycles. The number of nitrogens with zero attached hydrogens (tertiary/aromatic N) is 2. The lowest BCUT2D eigenvalue weighted by atomic mass is 9.74. The third-order valence-corrected chi connectivity index (χ3v) is 7.56. The second-order valence-electron chi connectivity index (χ2n) is 10.1. The first-order chi connectivity index (χ1) is 18.5. The SMILES string of the molecule is CN(CCO)C(=O)c1nc(CC2(c3cccc4ccccc34)CCCC2)[nH]c(=O)c1OCc1ccccc1. The summed E-state index contributed by atoms with van der Waals surface area (Å²) in [7, 11) is 1.58. The van der Waals surface area contributed by atoms with Crippen molar-refractivity contribution in [3.05, 3.63) is 106 Å². The van der Waals surface area contributed by atoms with Gasteiger partial charge in [0.2, 0.25) is 5.75 Å². The Morgan fingerprint density at radius 2 is 1.74 bits per heavy atom. The molecule has 7 nitrogen and oxygen atoms in total. The number of hydrogen-bond acceptors (Lipinski definition) is 5. The van der Waals surface area contributed by atoms with E-state index < -0.39 is 11.5 Å². The average molecular weight is 512 g/mol. The summed E-state index contributed by atoms with van der Waals surface area (Å²) in [6, 6.07) is 24.2. The molecular formula is C31H33N3O4. The number of carbonyl (C=O) groups excluding carboxylic acids is 1. The maximum Gasteiger partial charge on any atom is 0.294 e. The number of benzene rings is 3. The number of carbonyl (C=O) groups is 1. The van der Waals surface area contributed by atoms with Crippen LogP contribution in [0.4, 0.5) is 0 Å². The molecule has 0 radical (unpaired) electrons. The molecule has 1 heterocycles. The lowest BCUT2D eigenvalue weighted by molar-refractivity contribution is 0.0754. The third-order valence-electron chi connectivity index (χ3n) is 7.56. The maximum atomic E-state index is 13.4. The zero-order valence-corrected chi connectivity index (χ0v) is 21.7. The summed E-state index contributed by atoms with van der Waals surface area (Å²) < 4.78 is 5.88. The number of aromatic amines is 1. The quantitative estimate of drug-likeness (QED) is 0.342. The Bertz CT molecular complexity index is 1470. The molecule has 5 rings (SSSR count). The van der Waals surface area contributed by atoms with Crippen LogP contribution in [0.5, 0.6) is 5.75 Å². The molecular weight excluding hydrogens is 478 g/mol. The van der Waals surface area contributed by atoms with Gasteiger partial charge in [0.1, 0.15) is 12.4 Å². The molecule has 0 bridgehead atoms. The number of nitrogens with one attached hydrogen (secondary N) is 1. The number of amides is 1. The number of ether oxygens (including phenoxy) is 1. The molecule has 2 N–H and O–H groups in total. The van der Waals surface area contributed by atoms with E-state index in [2.05, 4.69) is 41.4 Å². The van der Waals surface area contributed by atoms with Gasteiger partial charge in [0.15, 0.2) is 5.69 Å². The fourth-order valence-electron chi connectivity index (χ4n) is 5.64. The monoisotopic (exact) mass is 511 g/mol. The van der Waals surface area contributed by atoms with E-state index in [0.29, 0.717) is 12.2 Å². The van der Waals surface area contributed by atoms with Crippen molar-refractivity contribution in [2.45, 2.75) is 44.1 Å². The molecule has 7 heteroatoms. The van der Waals surface area contributed by atoms with E-state index in [1.165, 1.54) is 21.2 Å². The van der Waals surface area contributed by atoms with E-state index in [4.69, 9.17) is 9.72 Å². The first kappa shape index (κ1) is 25.7. The highest BCUT2D eigenvalue weighted by atomic mass is 16.5. The van der Waals surface area contributed by atoms with Crippen molar-refractivity contribution < 1.29 is 14.6 Å². The average Bonchev–Trinajstić information content (AvgIpc) is 3.41. The Kier molecular flexibility index (Phi) is 7.56. The van der Waals surface area contributed by atoms with Gasteiger partial charge in [0.05, 0.1) is 6.61 Å². The molecule has 0 atom stereocenters. The Morgan fingerprint density at radius 3 is 2.50 bits per heavy atom. The molecule has 0 aliphatic heterocycles. The van der Waals surface area contributed by atoms with E-state index in [-0.39, 0.29) is 36.6 Å². The molecule has 1 aromatic heterocycles. The molecule has 0 saturated heterocycles. The number of aliphatic hydroxyl groups is 1. The molecule has 0 unspecified atom stereocenters. The van der Waals surface area contributed by atoms with Gasteiger partial charge in [-0.25, -0.2) is 4.98 Å². The number of likely N-dealkylation sites (N-methyl/N-ethyl adjacent to an activating group) is 1. The van der Waals surface area contributed by atoms with Crippen molar-refractivity contribution >= 4 is 16.7 Å². The number of fused-ring (bicyclic) bond motifs is 1. The van der Waals surface area contributed by atoms with Crippen molar-refractivity contribution in [3.8, 4) is 5.75 Å². The summed E-state index contributed by atoms with van der Waals surface area (Å²) in [6.45, 7) is 0.0677. The van der Waals surface area contributed by atoms with Gasteiger partial charge in [0.25, 0.3) is 11.5 Å². The van der Waals surface area contributed by atoms with Gasteiger partial charge in [-0.2, -0.15) is 0 Å². The highest BCUT2D eigenvalue weighted by Crippen LogP contribution is 2.45. The summed E-state index contributed by atoms with van der Waals surface area (Å²) in [6.07, 6.45) is 4.65. The lowest BCUT2D eigenvalue weighted by Gasteiger charge is -2.31. The topological polar surface area (TPSA) is 95.5 Å². The number of aliphatic hydroxyl groups excluding tert-OH is 1. The predicted octanol–water partition coefficient (Wildman–Crippen LogP) is 4.62. The number of aromatic nitrogens is 2. The maximum absolute atomic E-state index is 13.4. The van der Waals surface area contributed by atoms with E-state index in [0.717, 1.165) is 31.2 Å². The van der Waals surface area contributed by atoms with Crippen molar-refractivity contribution in [2.75, 3.05) is 20.2 Å². The van der Waals surface area contributed by atoms with Crippen molar-refractivity contribution in [2.24, 2.45) is 0 Å². The standard InChI is InChI=1S/C31H33N3O4/c1-34(18-19-35)30(37)27-28(38-21-22-10-3-2-4-11-22)29(36)33-26(32-27)20-31(16-7-8-17-31)25-15-9-13-23-12-5-6-14-24(23)25/h2-6,9-15,35H,7-8,16-21H2,1H3,(H,32,33,36). The Balaban J connectivity index is 1.55. The van der Waals surface area contributed by atoms with Crippen LogP contribution < -0.4 is 10.3 Å². The molecule has 0 spiro atoms. The molecule has 4 aromatic rings. The van der Waals surface area contributed by atoms with Crippen LogP contribution in [0.25, 0.3) is 10.8 Å². The molecule has 196 valence electrons. The van der Waals surface area contributed by atoms with Crippen LogP contribution in [0.2, 0.25) is 0 Å². The highest BCUT2D eigenvalue weighted by Gasteiger charge is 2.38. The molecule has 1 amide bonds. The normalized spacial score (nSPS) is 14.5. The predicted molar refractivity (Wildman–Crippen MR) is 147 cm³/mol. The largest absolute Gasteiger partial charge is 0.481 e. The van der Waals surface area contributed by atoms with Crippen molar-refractivity contribution in [3.63, 3.8) is 0 Å². The summed E-state index contributed by atoms with van der Waals surface area (Å²) in [5.74, 6) is -0.0873. The third kappa shape index (κ3) is 5.20. The molecule has 1 aliphatic rings. The fourth-order valence-corrected chi connectivity index (χ4v) is 5.64. The summed E-state index contributed by atoms with van der Waals surface area (Å²) in [4.78, 5) is 35.7. The summed E-state index contributed by atoms with van der Waals surface area (Å²) in [5.41, 5.74) is 1.43. The molecule has 38 heavy (non-hydrogen) atoms. The Labute approximate surface area is 222 Å². The number of rotatable bonds is 9. The lowest BCUT2D eigenvalue weighted by Crippen LogP contribution is -2.34. The fraction of sp³-hybridized carbons (Fsp3) is 0.323. The minimum atomic E-state index is -0.474. The molecule has 3 aromatic carbocycles. The molecule has 1 saturated carbocycles. The summed E-state index contributed by atoms with van der Waals surface area (Å²) >= 11 is 0. The number of H-pyrrole nitrogens is 1. The van der Waals surface area contributed by atoms with Crippen LogP contribution >= 0.6 is 0 Å². The Hall–Kier alpha value is -3.97. The minimum absolute atomic E-state index is 0.0262. The second-order valence-corrected chi connectivity index (χ2v) is 10.1. The van der Waals surface area contributed by atoms with Gasteiger partial charge in [-0.1, -0.05) is 85.6 Å². The van der Waals surface area contributed by atoms with E-state index in [1.807, 2.05) is 36.4 Å². The van der Waals surface area contributed by atoms with Crippen LogP contribution in [-0.2, 0) is 18.4 Å². The first-order valence-electron chi connectivity index (χ1n) is 13.2. The zero-order valence-electron chi connectivity index (χ0n) is 21.7. The van der Waals surface area contributed by atoms with Crippen LogP contribution in [-0.4, -0.2) is 46.1 Å². The molecule has 1 fully saturated rings. The van der Waals surface area contributed by atoms with Crippen molar-refractivity contribution in [1.29, 1.82) is 0 Å². The Morgan fingerprint density at radius 1 is 1.03 bits per heavy atom. The van der Waals surface area contributed by atoms with Crippen LogP contribution in [0, 0.1) is 0 Å². The first-order valence-corrected chi connectivity index (χ1v) is 13.2. The van der Waals surface area contributed by atoms with Gasteiger partial charge in [-0.15, -0.1) is 0 Å². The highest BCUT2D eigenvalue weighted by molar-refractivity contribution is 5.94. The van der Waals surface area contributed by atoms with Gasteiger partial charge in [-0.3, -0.25) is 9.59 Å². The van der Waals surface area contributed by atoms with Crippen LogP contribution in [0.1, 0.15) is 53.1 Å². The summed E-state index contributed by atoms with van der Waals surface area (Å²) in [5, 5.41) is 11.8. The van der Waals surface area contributed by atoms with Gasteiger partial charge >= 0.3 is 0 Å². The van der Waals surface area contributed by atoms with Gasteiger partial charge < -0.3 is 19.7 Å². The van der Waals surface area contributed by atoms with E-state index >= 15 is 0 Å². The number of hydrogen-bond donors (Lipinski definition) is 2. The van der Waals surface area contributed by atoms with E-state index in [1.54, 1.807) is 7.05 Å². The minimum Gasteiger partial charge on any atom is -0.481 e. The van der Waals surface area contributed by atoms with Crippen molar-refractivity contribution in [1.82, 2.24) is 14.9 Å². The van der Waals surface area contributed by atoms with Crippen LogP contribution in [0.3, 0.4) is 0 Å².